The number of carbonyl (C=O) groups excluding carboxylic acids is 2. The van der Waals surface area contributed by atoms with E-state index in [1.807, 2.05) is 0 Å². The van der Waals surface area contributed by atoms with Crippen molar-refractivity contribution >= 4 is 12.1 Å². The zero-order chi connectivity index (χ0) is 12.0. The lowest BCUT2D eigenvalue weighted by molar-refractivity contribution is -0.0265. The number of hydrogen-bond acceptors (Lipinski definition) is 6. The molecule has 1 rings (SSSR count). The maximum absolute atomic E-state index is 11.3. The molecule has 0 amide bonds. The fraction of sp³-hybridized carbons (Fsp3) is 0.444. The molecule has 0 unspecified atom stereocenters. The van der Waals surface area contributed by atoms with Gasteiger partial charge in [0.2, 0.25) is 6.79 Å². The zero-order valence-corrected chi connectivity index (χ0v) is 8.98. The Bertz CT molecular complexity index is 374. The highest BCUT2D eigenvalue weighted by Gasteiger charge is 2.10. The maximum Gasteiger partial charge on any atom is 0.511 e. The number of hydrogen-bond donors (Lipinski definition) is 1. The smallest absolute Gasteiger partial charge is 0.435 e. The number of esters is 1. The number of H-pyrrole nitrogens is 1. The molecular formula is C9H12N2O5. The fourth-order valence-electron chi connectivity index (χ4n) is 0.893. The summed E-state index contributed by atoms with van der Waals surface area (Å²) in [6, 6.07) is 0. The molecule has 88 valence electrons. The van der Waals surface area contributed by atoms with E-state index in [-0.39, 0.29) is 12.3 Å². The Balaban J connectivity index is 2.28. The van der Waals surface area contributed by atoms with E-state index in [9.17, 15) is 9.59 Å². The molecule has 0 spiro atoms. The lowest BCUT2D eigenvalue weighted by Gasteiger charge is -2.04. The van der Waals surface area contributed by atoms with Gasteiger partial charge in [-0.25, -0.2) is 14.6 Å². The molecule has 0 bridgehead atoms. The van der Waals surface area contributed by atoms with Gasteiger partial charge in [-0.2, -0.15) is 0 Å². The first-order valence-electron chi connectivity index (χ1n) is 4.61. The highest BCUT2D eigenvalue weighted by atomic mass is 16.8. The van der Waals surface area contributed by atoms with Crippen LogP contribution in [0, 0.1) is 6.92 Å². The quantitative estimate of drug-likeness (QED) is 0.610. The largest absolute Gasteiger partial charge is 0.511 e. The van der Waals surface area contributed by atoms with Crippen molar-refractivity contribution in [3.8, 4) is 0 Å². The average molecular weight is 228 g/mol. The molecule has 1 N–H and O–H groups in total. The Morgan fingerprint density at radius 1 is 1.38 bits per heavy atom. The third-order valence-electron chi connectivity index (χ3n) is 1.55. The number of carbonyl (C=O) groups is 2. The minimum absolute atomic E-state index is 0.199. The van der Waals surface area contributed by atoms with Crippen LogP contribution in [-0.4, -0.2) is 35.5 Å². The van der Waals surface area contributed by atoms with Crippen molar-refractivity contribution in [3.63, 3.8) is 0 Å². The Kier molecular flexibility index (Phi) is 4.31. The van der Waals surface area contributed by atoms with Crippen molar-refractivity contribution in [2.24, 2.45) is 0 Å². The molecule has 7 heteroatoms. The van der Waals surface area contributed by atoms with Gasteiger partial charge in [-0.1, -0.05) is 0 Å². The molecule has 0 aliphatic carbocycles. The van der Waals surface area contributed by atoms with Crippen LogP contribution >= 0.6 is 0 Å². The number of nitrogens with one attached hydrogen (secondary N) is 1. The van der Waals surface area contributed by atoms with Crippen LogP contribution in [-0.2, 0) is 14.2 Å². The van der Waals surface area contributed by atoms with E-state index in [4.69, 9.17) is 0 Å². The standard InChI is InChI=1S/C9H12N2O5/c1-3-14-9(13)16-5-15-8(12)7-4-10-6(2)11-7/h4H,3,5H2,1-2H3,(H,10,11). The zero-order valence-electron chi connectivity index (χ0n) is 8.98. The molecule has 0 aromatic carbocycles. The Hall–Kier alpha value is -2.05. The van der Waals surface area contributed by atoms with E-state index in [1.165, 1.54) is 6.20 Å². The van der Waals surface area contributed by atoms with Gasteiger partial charge in [0.1, 0.15) is 11.5 Å². The van der Waals surface area contributed by atoms with Crippen LogP contribution in [0.15, 0.2) is 6.20 Å². The predicted octanol–water partition coefficient (Wildman–Crippen LogP) is 1.01. The summed E-state index contributed by atoms with van der Waals surface area (Å²) in [6.07, 6.45) is 0.457. The first-order chi connectivity index (χ1) is 7.63. The molecule has 0 saturated carbocycles. The van der Waals surface area contributed by atoms with Gasteiger partial charge in [-0.05, 0) is 13.8 Å². The van der Waals surface area contributed by atoms with E-state index in [2.05, 4.69) is 24.2 Å². The third kappa shape index (κ3) is 3.60. The summed E-state index contributed by atoms with van der Waals surface area (Å²) in [6.45, 7) is 3.05. The van der Waals surface area contributed by atoms with E-state index < -0.39 is 18.9 Å². The summed E-state index contributed by atoms with van der Waals surface area (Å²) in [7, 11) is 0. The first kappa shape index (κ1) is 12.0. The van der Waals surface area contributed by atoms with Crippen LogP contribution in [0.25, 0.3) is 0 Å². The fourth-order valence-corrected chi connectivity index (χ4v) is 0.893. The second kappa shape index (κ2) is 5.74. The molecule has 0 radical (unpaired) electrons. The van der Waals surface area contributed by atoms with Crippen molar-refractivity contribution in [1.82, 2.24) is 9.97 Å². The number of ether oxygens (including phenoxy) is 3. The predicted molar refractivity (Wildman–Crippen MR) is 51.7 cm³/mol. The van der Waals surface area contributed by atoms with E-state index in [0.29, 0.717) is 5.82 Å². The molecule has 0 fully saturated rings. The minimum Gasteiger partial charge on any atom is -0.435 e. The lowest BCUT2D eigenvalue weighted by Crippen LogP contribution is -2.14. The minimum atomic E-state index is -0.879. The van der Waals surface area contributed by atoms with Crippen LogP contribution < -0.4 is 0 Å². The molecular weight excluding hydrogens is 216 g/mol. The van der Waals surface area contributed by atoms with Crippen molar-refractivity contribution in [2.45, 2.75) is 13.8 Å². The van der Waals surface area contributed by atoms with Crippen LogP contribution in [0.2, 0.25) is 0 Å². The second-order valence-corrected chi connectivity index (χ2v) is 2.76. The monoisotopic (exact) mass is 228 g/mol. The van der Waals surface area contributed by atoms with Crippen molar-refractivity contribution < 1.29 is 23.8 Å². The van der Waals surface area contributed by atoms with E-state index in [1.54, 1.807) is 13.8 Å². The normalized spacial score (nSPS) is 9.62. The van der Waals surface area contributed by atoms with Gasteiger partial charge in [-0.15, -0.1) is 0 Å². The topological polar surface area (TPSA) is 90.5 Å². The summed E-state index contributed by atoms with van der Waals surface area (Å²) in [5.74, 6) is -0.0526. The summed E-state index contributed by atoms with van der Waals surface area (Å²) >= 11 is 0. The summed E-state index contributed by atoms with van der Waals surface area (Å²) in [4.78, 5) is 28.5. The molecule has 1 aromatic rings. The first-order valence-corrected chi connectivity index (χ1v) is 4.61. The Morgan fingerprint density at radius 2 is 2.12 bits per heavy atom. The maximum atomic E-state index is 11.3. The van der Waals surface area contributed by atoms with Gasteiger partial charge < -0.3 is 19.2 Å². The Morgan fingerprint density at radius 3 is 2.69 bits per heavy atom. The summed E-state index contributed by atoms with van der Waals surface area (Å²) in [5.41, 5.74) is 0.199. The van der Waals surface area contributed by atoms with Gasteiger partial charge in [0.25, 0.3) is 0 Å². The molecule has 0 aliphatic heterocycles. The SMILES string of the molecule is CCOC(=O)OCOC(=O)c1cnc(C)[nH]1. The number of imidazole rings is 1. The van der Waals surface area contributed by atoms with Crippen LogP contribution in [0.5, 0.6) is 0 Å². The lowest BCUT2D eigenvalue weighted by atomic mass is 10.5. The molecule has 1 heterocycles. The molecule has 16 heavy (non-hydrogen) atoms. The Labute approximate surface area is 91.7 Å². The number of aromatic amines is 1. The highest BCUT2D eigenvalue weighted by Crippen LogP contribution is 1.98. The highest BCUT2D eigenvalue weighted by molar-refractivity contribution is 5.86. The van der Waals surface area contributed by atoms with Crippen molar-refractivity contribution in [2.75, 3.05) is 13.4 Å². The molecule has 0 saturated heterocycles. The van der Waals surface area contributed by atoms with Crippen LogP contribution in [0.1, 0.15) is 23.2 Å². The van der Waals surface area contributed by atoms with Crippen molar-refractivity contribution in [1.29, 1.82) is 0 Å². The van der Waals surface area contributed by atoms with E-state index in [0.717, 1.165) is 0 Å². The van der Waals surface area contributed by atoms with Gasteiger partial charge in [0.05, 0.1) is 12.8 Å². The molecule has 0 aliphatic rings. The molecule has 1 aromatic heterocycles. The van der Waals surface area contributed by atoms with Crippen LogP contribution in [0.4, 0.5) is 4.79 Å². The van der Waals surface area contributed by atoms with Gasteiger partial charge in [-0.3, -0.25) is 0 Å². The number of aromatic nitrogens is 2. The van der Waals surface area contributed by atoms with Crippen LogP contribution in [0.3, 0.4) is 0 Å². The van der Waals surface area contributed by atoms with Crippen molar-refractivity contribution in [3.05, 3.63) is 17.7 Å². The average Bonchev–Trinajstić information content (AvgIpc) is 2.65. The van der Waals surface area contributed by atoms with Gasteiger partial charge >= 0.3 is 12.1 Å². The van der Waals surface area contributed by atoms with Gasteiger partial charge in [0.15, 0.2) is 0 Å². The number of aryl methyl sites for hydroxylation is 1. The second-order valence-electron chi connectivity index (χ2n) is 2.76. The number of nitrogens with zero attached hydrogens (tertiary/aromatic N) is 1. The molecule has 0 atom stereocenters. The third-order valence-corrected chi connectivity index (χ3v) is 1.55. The molecule has 7 nitrogen and oxygen atoms in total. The number of rotatable bonds is 4. The van der Waals surface area contributed by atoms with Gasteiger partial charge in [0, 0.05) is 0 Å². The summed E-state index contributed by atoms with van der Waals surface area (Å²) in [5, 5.41) is 0. The summed E-state index contributed by atoms with van der Waals surface area (Å²) < 4.78 is 13.5. The van der Waals surface area contributed by atoms with E-state index >= 15 is 0 Å².